The maximum absolute atomic E-state index is 11.2. The van der Waals surface area contributed by atoms with Gasteiger partial charge in [0.05, 0.1) is 0 Å². The van der Waals surface area contributed by atoms with Crippen LogP contribution < -0.4 is 4.57 Å². The third-order valence-corrected chi connectivity index (χ3v) is 3.27. The summed E-state index contributed by atoms with van der Waals surface area (Å²) in [5.41, 5.74) is 3.91. The molecular formula is C16H20F6NSb. The Labute approximate surface area is 139 Å². The fourth-order valence-electron chi connectivity index (χ4n) is 2.23. The van der Waals surface area contributed by atoms with E-state index in [9.17, 15) is 16.9 Å². The predicted molar refractivity (Wildman–Crippen MR) is 83.4 cm³/mol. The molecule has 0 N–H and O–H groups in total. The van der Waals surface area contributed by atoms with Crippen LogP contribution in [0.25, 0.3) is 0 Å². The summed E-state index contributed by atoms with van der Waals surface area (Å²) in [7, 11) is 0. The van der Waals surface area contributed by atoms with Gasteiger partial charge in [-0.3, -0.25) is 0 Å². The second-order valence-electron chi connectivity index (χ2n) is 6.18. The molecule has 0 saturated heterocycles. The van der Waals surface area contributed by atoms with Crippen LogP contribution in [0.5, 0.6) is 0 Å². The number of halogens is 6. The average molecular weight is 462 g/mol. The molecule has 0 aliphatic heterocycles. The fourth-order valence-corrected chi connectivity index (χ4v) is 2.23. The molecule has 2 rings (SSSR count). The van der Waals surface area contributed by atoms with Crippen LogP contribution in [0, 0.1) is 13.8 Å². The van der Waals surface area contributed by atoms with Crippen LogP contribution in [0.1, 0.15) is 30.5 Å². The molecule has 0 saturated carbocycles. The number of rotatable bonds is 2. The molecule has 0 unspecified atom stereocenters. The van der Waals surface area contributed by atoms with Crippen LogP contribution in [0.2, 0.25) is 0 Å². The third kappa shape index (κ3) is 8.57. The summed E-state index contributed by atoms with van der Waals surface area (Å²) >= 11 is -11.2. The number of aromatic nitrogens is 1. The SMILES string of the molecule is Cc1cc(C)c[n+](C(C)(C)c2ccccc2)c1.[F][Sb-]([F])([F])([F])([F])[F]. The Bertz CT molecular complexity index is 677. The van der Waals surface area contributed by atoms with Gasteiger partial charge in [-0.15, -0.1) is 0 Å². The van der Waals surface area contributed by atoms with Crippen molar-refractivity contribution in [2.45, 2.75) is 33.2 Å². The van der Waals surface area contributed by atoms with E-state index in [1.807, 2.05) is 0 Å². The summed E-state index contributed by atoms with van der Waals surface area (Å²) in [5.74, 6) is 0. The van der Waals surface area contributed by atoms with E-state index in [2.05, 4.69) is 81.1 Å². The minimum absolute atomic E-state index is 0.0158. The van der Waals surface area contributed by atoms with Crippen LogP contribution in [0.15, 0.2) is 48.8 Å². The predicted octanol–water partition coefficient (Wildman–Crippen LogP) is 5.51. The molecule has 2 aromatic rings. The van der Waals surface area contributed by atoms with Crippen LogP contribution in [-0.4, -0.2) is 19.5 Å². The molecule has 0 amide bonds. The Morgan fingerprint density at radius 1 is 0.792 bits per heavy atom. The summed E-state index contributed by atoms with van der Waals surface area (Å²) in [5, 5.41) is 0. The van der Waals surface area contributed by atoms with Crippen molar-refractivity contribution >= 4 is 19.5 Å². The maximum atomic E-state index is 9.93. The Hall–Kier alpha value is -1.23. The first-order valence-corrected chi connectivity index (χ1v) is 12.9. The molecule has 8 heteroatoms. The molecule has 1 nitrogen and oxygen atoms in total. The molecule has 0 aliphatic carbocycles. The van der Waals surface area contributed by atoms with Gasteiger partial charge in [-0.25, -0.2) is 0 Å². The molecule has 0 bridgehead atoms. The molecule has 24 heavy (non-hydrogen) atoms. The topological polar surface area (TPSA) is 3.88 Å². The Morgan fingerprint density at radius 3 is 1.54 bits per heavy atom. The van der Waals surface area contributed by atoms with Crippen LogP contribution in [0.3, 0.4) is 0 Å². The standard InChI is InChI=1S/C16H20N.6FH.Sb/c1-13-10-14(2)12-17(11-13)16(3,4)15-8-6-5-7-9-15;;;;;;;/h5-12H,1-4H3;6*1H;/q+1;;;;;;;+5/p-6. The zero-order valence-corrected chi connectivity index (χ0v) is 16.3. The molecule has 136 valence electrons. The van der Waals surface area contributed by atoms with Crippen molar-refractivity contribution in [1.29, 1.82) is 0 Å². The van der Waals surface area contributed by atoms with E-state index >= 15 is 0 Å². The Morgan fingerprint density at radius 2 is 1.17 bits per heavy atom. The first kappa shape index (κ1) is 20.8. The van der Waals surface area contributed by atoms with Gasteiger partial charge >= 0.3 is 36.4 Å². The van der Waals surface area contributed by atoms with Crippen LogP contribution in [-0.2, 0) is 5.54 Å². The second kappa shape index (κ2) is 5.94. The van der Waals surface area contributed by atoms with E-state index in [-0.39, 0.29) is 5.54 Å². The van der Waals surface area contributed by atoms with Gasteiger partial charge in [0, 0.05) is 30.5 Å². The normalized spacial score (nSPS) is 14.9. The third-order valence-electron chi connectivity index (χ3n) is 3.27. The number of hydrogen-bond donors (Lipinski definition) is 0. The molecule has 0 fully saturated rings. The van der Waals surface area contributed by atoms with Crippen LogP contribution in [0.4, 0.5) is 16.9 Å². The quantitative estimate of drug-likeness (QED) is 0.315. The molecule has 1 aromatic carbocycles. The van der Waals surface area contributed by atoms with Crippen molar-refractivity contribution in [1.82, 2.24) is 0 Å². The van der Waals surface area contributed by atoms with Gasteiger partial charge in [0.2, 0.25) is 0 Å². The van der Waals surface area contributed by atoms with E-state index < -0.39 is 19.5 Å². The number of benzene rings is 1. The van der Waals surface area contributed by atoms with Crippen molar-refractivity contribution in [3.05, 3.63) is 65.5 Å². The van der Waals surface area contributed by atoms with Crippen molar-refractivity contribution in [2.75, 3.05) is 0 Å². The summed E-state index contributed by atoms with van der Waals surface area (Å²) < 4.78 is 61.8. The van der Waals surface area contributed by atoms with Gasteiger partial charge in [0.25, 0.3) is 0 Å². The molecular weight excluding hydrogens is 442 g/mol. The Balaban J connectivity index is 0.000000351. The summed E-state index contributed by atoms with van der Waals surface area (Å²) in [6.07, 6.45) is 4.42. The summed E-state index contributed by atoms with van der Waals surface area (Å²) in [6, 6.07) is 12.8. The van der Waals surface area contributed by atoms with Gasteiger partial charge in [0.15, 0.2) is 17.9 Å². The minimum atomic E-state index is -11.2. The Kier molecular flexibility index (Phi) is 5.15. The zero-order valence-electron chi connectivity index (χ0n) is 13.8. The average Bonchev–Trinajstić information content (AvgIpc) is 2.35. The number of hydrogen-bond acceptors (Lipinski definition) is 0. The van der Waals surface area contributed by atoms with Gasteiger partial charge in [-0.2, -0.15) is 4.57 Å². The first-order valence-electron chi connectivity index (χ1n) is 7.07. The fraction of sp³-hybridized carbons (Fsp3) is 0.312. The van der Waals surface area contributed by atoms with Crippen LogP contribution >= 0.6 is 0 Å². The van der Waals surface area contributed by atoms with E-state index in [0.717, 1.165) is 0 Å². The van der Waals surface area contributed by atoms with Gasteiger partial charge in [0.1, 0.15) is 0 Å². The van der Waals surface area contributed by atoms with Crippen molar-refractivity contribution in [2.24, 2.45) is 0 Å². The van der Waals surface area contributed by atoms with E-state index in [4.69, 9.17) is 0 Å². The van der Waals surface area contributed by atoms with Gasteiger partial charge in [-0.05, 0) is 19.9 Å². The summed E-state index contributed by atoms with van der Waals surface area (Å²) in [6.45, 7) is 8.79. The number of aryl methyl sites for hydroxylation is 2. The summed E-state index contributed by atoms with van der Waals surface area (Å²) in [4.78, 5) is 0. The monoisotopic (exact) mass is 461 g/mol. The van der Waals surface area contributed by atoms with Crippen molar-refractivity contribution in [3.63, 3.8) is 0 Å². The van der Waals surface area contributed by atoms with Crippen molar-refractivity contribution in [3.8, 4) is 0 Å². The van der Waals surface area contributed by atoms with E-state index in [1.54, 1.807) is 0 Å². The molecule has 0 spiro atoms. The van der Waals surface area contributed by atoms with Crippen molar-refractivity contribution < 1.29 is 21.4 Å². The van der Waals surface area contributed by atoms with Gasteiger partial charge in [-0.1, -0.05) is 30.3 Å². The molecule has 0 atom stereocenters. The molecule has 0 aliphatic rings. The second-order valence-corrected chi connectivity index (χ2v) is 11.7. The first-order chi connectivity index (χ1) is 10.4. The van der Waals surface area contributed by atoms with E-state index in [0.29, 0.717) is 0 Å². The number of pyridine rings is 1. The van der Waals surface area contributed by atoms with Gasteiger partial charge < -0.3 is 0 Å². The molecule has 1 heterocycles. The molecule has 1 aromatic heterocycles. The molecule has 0 radical (unpaired) electrons. The zero-order chi connectivity index (χ0) is 18.9. The number of nitrogens with zero attached hydrogens (tertiary/aromatic N) is 1. The van der Waals surface area contributed by atoms with E-state index in [1.165, 1.54) is 16.7 Å².